The zero-order chi connectivity index (χ0) is 13.8. The number of amides is 1. The van der Waals surface area contributed by atoms with E-state index in [1.165, 1.54) is 0 Å². The number of hydrogen-bond acceptors (Lipinski definition) is 5. The van der Waals surface area contributed by atoms with E-state index in [1.54, 1.807) is 13.0 Å². The Morgan fingerprint density at radius 3 is 2.89 bits per heavy atom. The predicted octanol–water partition coefficient (Wildman–Crippen LogP) is 1.47. The molecule has 0 aliphatic carbocycles. The summed E-state index contributed by atoms with van der Waals surface area (Å²) in [6, 6.07) is 1.53. The highest BCUT2D eigenvalue weighted by Crippen LogP contribution is 2.16. The number of hydrogen-bond donors (Lipinski definition) is 2. The average molecular weight is 267 g/mol. The normalized spacial score (nSPS) is 22.2. The largest absolute Gasteiger partial charge is 0.377 e. The van der Waals surface area contributed by atoms with Crippen molar-refractivity contribution in [2.45, 2.75) is 51.8 Å². The highest BCUT2D eigenvalue weighted by Gasteiger charge is 2.25. The fourth-order valence-corrected chi connectivity index (χ4v) is 2.23. The molecule has 6 heteroatoms. The molecular formula is C13H21N3O3. The number of anilines is 1. The first-order valence-corrected chi connectivity index (χ1v) is 6.68. The summed E-state index contributed by atoms with van der Waals surface area (Å²) in [5.41, 5.74) is 0.739. The molecule has 19 heavy (non-hydrogen) atoms. The number of nitrogens with zero attached hydrogens (tertiary/aromatic N) is 1. The van der Waals surface area contributed by atoms with E-state index in [1.807, 2.05) is 13.8 Å². The molecule has 2 heterocycles. The molecule has 0 saturated carbocycles. The summed E-state index contributed by atoms with van der Waals surface area (Å²) in [6.45, 7) is 6.48. The van der Waals surface area contributed by atoms with Gasteiger partial charge in [0.2, 0.25) is 11.8 Å². The lowest BCUT2D eigenvalue weighted by molar-refractivity contribution is -0.118. The molecule has 3 atom stereocenters. The second-order valence-electron chi connectivity index (χ2n) is 5.05. The maximum atomic E-state index is 12.0. The third-order valence-electron chi connectivity index (χ3n) is 3.30. The first kappa shape index (κ1) is 14.0. The Kier molecular flexibility index (Phi) is 4.55. The van der Waals surface area contributed by atoms with Gasteiger partial charge in [-0.3, -0.25) is 10.1 Å². The number of nitrogens with one attached hydrogen (secondary N) is 2. The van der Waals surface area contributed by atoms with Gasteiger partial charge in [-0.2, -0.15) is 0 Å². The fourth-order valence-electron chi connectivity index (χ4n) is 2.23. The summed E-state index contributed by atoms with van der Waals surface area (Å²) in [5, 5.41) is 9.66. The van der Waals surface area contributed by atoms with Crippen molar-refractivity contribution < 1.29 is 14.1 Å². The standard InChI is InChI=1S/C13H21N3O3/c1-8-7-12(19-16-8)15-13(17)10(3)14-9(2)11-5-4-6-18-11/h7,9-11,14H,4-6H2,1-3H3,(H,15,17)/t9-,10-,11+/m0/s1. The van der Waals surface area contributed by atoms with E-state index in [4.69, 9.17) is 9.26 Å². The van der Waals surface area contributed by atoms with E-state index in [0.29, 0.717) is 5.88 Å². The van der Waals surface area contributed by atoms with Crippen LogP contribution in [0.2, 0.25) is 0 Å². The third kappa shape index (κ3) is 3.78. The van der Waals surface area contributed by atoms with Crippen LogP contribution in [0.25, 0.3) is 0 Å². The minimum atomic E-state index is -0.315. The SMILES string of the molecule is Cc1cc(NC(=O)[C@H](C)N[C@@H](C)[C@H]2CCCO2)on1. The first-order valence-electron chi connectivity index (χ1n) is 6.68. The van der Waals surface area contributed by atoms with Gasteiger partial charge in [0.15, 0.2) is 0 Å². The number of carbonyl (C=O) groups excluding carboxylic acids is 1. The van der Waals surface area contributed by atoms with Crippen LogP contribution in [0.4, 0.5) is 5.88 Å². The Labute approximate surface area is 112 Å². The van der Waals surface area contributed by atoms with E-state index in [2.05, 4.69) is 15.8 Å². The molecule has 6 nitrogen and oxygen atoms in total. The second-order valence-corrected chi connectivity index (χ2v) is 5.05. The smallest absolute Gasteiger partial charge is 0.243 e. The highest BCUT2D eigenvalue weighted by atomic mass is 16.5. The van der Waals surface area contributed by atoms with E-state index >= 15 is 0 Å². The Morgan fingerprint density at radius 2 is 2.32 bits per heavy atom. The molecule has 2 N–H and O–H groups in total. The molecule has 0 unspecified atom stereocenters. The molecule has 0 spiro atoms. The van der Waals surface area contributed by atoms with Gasteiger partial charge in [0, 0.05) is 18.7 Å². The van der Waals surface area contributed by atoms with Gasteiger partial charge in [0.1, 0.15) is 0 Å². The monoisotopic (exact) mass is 267 g/mol. The summed E-state index contributed by atoms with van der Waals surface area (Å²) < 4.78 is 10.5. The van der Waals surface area contributed by atoms with Crippen molar-refractivity contribution >= 4 is 11.8 Å². The minimum absolute atomic E-state index is 0.138. The lowest BCUT2D eigenvalue weighted by Crippen LogP contribution is -2.47. The van der Waals surface area contributed by atoms with Gasteiger partial charge in [0.05, 0.1) is 17.8 Å². The van der Waals surface area contributed by atoms with Crippen molar-refractivity contribution in [3.63, 3.8) is 0 Å². The van der Waals surface area contributed by atoms with Crippen LogP contribution >= 0.6 is 0 Å². The van der Waals surface area contributed by atoms with Crippen molar-refractivity contribution in [1.82, 2.24) is 10.5 Å². The molecule has 106 valence electrons. The van der Waals surface area contributed by atoms with Crippen molar-refractivity contribution in [2.75, 3.05) is 11.9 Å². The van der Waals surface area contributed by atoms with Crippen LogP contribution in [0.15, 0.2) is 10.6 Å². The van der Waals surface area contributed by atoms with Gasteiger partial charge in [-0.1, -0.05) is 5.16 Å². The van der Waals surface area contributed by atoms with Crippen LogP contribution < -0.4 is 10.6 Å². The van der Waals surface area contributed by atoms with Crippen LogP contribution in [0.1, 0.15) is 32.4 Å². The number of aryl methyl sites for hydroxylation is 1. The summed E-state index contributed by atoms with van der Waals surface area (Å²) in [5.74, 6) is 0.238. The van der Waals surface area contributed by atoms with E-state index in [0.717, 1.165) is 25.1 Å². The van der Waals surface area contributed by atoms with Gasteiger partial charge in [-0.25, -0.2) is 0 Å². The summed E-state index contributed by atoms with van der Waals surface area (Å²) >= 11 is 0. The zero-order valence-corrected chi connectivity index (χ0v) is 11.6. The average Bonchev–Trinajstić information content (AvgIpc) is 3.00. The molecule has 1 aliphatic rings. The Hall–Kier alpha value is -1.40. The number of carbonyl (C=O) groups is 1. The maximum absolute atomic E-state index is 12.0. The van der Waals surface area contributed by atoms with E-state index in [9.17, 15) is 4.79 Å². The fraction of sp³-hybridized carbons (Fsp3) is 0.692. The van der Waals surface area contributed by atoms with Crippen molar-refractivity contribution in [3.8, 4) is 0 Å². The molecule has 1 aromatic heterocycles. The highest BCUT2D eigenvalue weighted by molar-refractivity contribution is 5.93. The second kappa shape index (κ2) is 6.16. The van der Waals surface area contributed by atoms with Gasteiger partial charge >= 0.3 is 0 Å². The quantitative estimate of drug-likeness (QED) is 0.844. The van der Waals surface area contributed by atoms with Gasteiger partial charge < -0.3 is 14.6 Å². The molecule has 0 radical (unpaired) electrons. The van der Waals surface area contributed by atoms with Crippen LogP contribution in [-0.4, -0.2) is 35.9 Å². The van der Waals surface area contributed by atoms with Crippen LogP contribution in [-0.2, 0) is 9.53 Å². The summed E-state index contributed by atoms with van der Waals surface area (Å²) in [6.07, 6.45) is 2.33. The molecule has 1 amide bonds. The lowest BCUT2D eigenvalue weighted by Gasteiger charge is -2.23. The number of ether oxygens (including phenoxy) is 1. The van der Waals surface area contributed by atoms with Gasteiger partial charge in [-0.05, 0) is 33.6 Å². The molecule has 0 aromatic carbocycles. The summed E-state index contributed by atoms with van der Waals surface area (Å²) in [4.78, 5) is 12.0. The third-order valence-corrected chi connectivity index (χ3v) is 3.30. The molecule has 0 bridgehead atoms. The zero-order valence-electron chi connectivity index (χ0n) is 11.6. The van der Waals surface area contributed by atoms with Crippen LogP contribution in [0, 0.1) is 6.92 Å². The minimum Gasteiger partial charge on any atom is -0.377 e. The van der Waals surface area contributed by atoms with E-state index in [-0.39, 0.29) is 24.1 Å². The number of aromatic nitrogens is 1. The molecule has 1 saturated heterocycles. The van der Waals surface area contributed by atoms with Crippen molar-refractivity contribution in [3.05, 3.63) is 11.8 Å². The molecule has 1 aliphatic heterocycles. The van der Waals surface area contributed by atoms with Crippen LogP contribution in [0.5, 0.6) is 0 Å². The Balaban J connectivity index is 1.81. The Bertz CT molecular complexity index is 427. The molecular weight excluding hydrogens is 246 g/mol. The summed E-state index contributed by atoms with van der Waals surface area (Å²) in [7, 11) is 0. The topological polar surface area (TPSA) is 76.4 Å². The van der Waals surface area contributed by atoms with Gasteiger partial charge in [0.25, 0.3) is 0 Å². The number of rotatable bonds is 5. The Morgan fingerprint density at radius 1 is 1.53 bits per heavy atom. The van der Waals surface area contributed by atoms with Crippen molar-refractivity contribution in [2.24, 2.45) is 0 Å². The maximum Gasteiger partial charge on any atom is 0.243 e. The van der Waals surface area contributed by atoms with Gasteiger partial charge in [-0.15, -0.1) is 0 Å². The predicted molar refractivity (Wildman–Crippen MR) is 70.9 cm³/mol. The molecule has 1 aromatic rings. The van der Waals surface area contributed by atoms with Crippen LogP contribution in [0.3, 0.4) is 0 Å². The van der Waals surface area contributed by atoms with E-state index < -0.39 is 0 Å². The van der Waals surface area contributed by atoms with Crippen molar-refractivity contribution in [1.29, 1.82) is 0 Å². The molecule has 2 rings (SSSR count). The molecule has 1 fully saturated rings. The lowest BCUT2D eigenvalue weighted by atomic mass is 10.1. The first-order chi connectivity index (χ1) is 9.06.